The largest absolute Gasteiger partial charge is 0.352 e. The number of carbonyl (C=O) groups excluding carboxylic acids is 1. The van der Waals surface area contributed by atoms with E-state index in [1.165, 1.54) is 0 Å². The average Bonchev–Trinajstić information content (AvgIpc) is 2.02. The Hall–Kier alpha value is -0.570. The molecular formula is C10H22N2O. The predicted octanol–water partition coefficient (Wildman–Crippen LogP) is 1.28. The number of carbonyl (C=O) groups is 1. The molecular weight excluding hydrogens is 164 g/mol. The topological polar surface area (TPSA) is 55.1 Å². The molecule has 1 amide bonds. The summed E-state index contributed by atoms with van der Waals surface area (Å²) in [6, 6.07) is 0.163. The zero-order valence-corrected chi connectivity index (χ0v) is 8.97. The summed E-state index contributed by atoms with van der Waals surface area (Å²) < 4.78 is 0. The van der Waals surface area contributed by atoms with Crippen LogP contribution in [0.2, 0.25) is 0 Å². The van der Waals surface area contributed by atoms with Crippen molar-refractivity contribution in [1.29, 1.82) is 0 Å². The molecule has 0 spiro atoms. The van der Waals surface area contributed by atoms with Crippen LogP contribution < -0.4 is 11.1 Å². The van der Waals surface area contributed by atoms with E-state index in [0.717, 1.165) is 12.8 Å². The monoisotopic (exact) mass is 186 g/mol. The molecule has 0 aliphatic rings. The highest BCUT2D eigenvalue weighted by Crippen LogP contribution is 2.00. The van der Waals surface area contributed by atoms with Crippen LogP contribution in [0.1, 0.15) is 40.0 Å². The average molecular weight is 186 g/mol. The van der Waals surface area contributed by atoms with E-state index in [9.17, 15) is 4.79 Å². The number of hydrogen-bond donors (Lipinski definition) is 2. The van der Waals surface area contributed by atoms with E-state index in [4.69, 9.17) is 5.73 Å². The van der Waals surface area contributed by atoms with Crippen molar-refractivity contribution in [1.82, 2.24) is 5.32 Å². The minimum Gasteiger partial charge on any atom is -0.352 e. The zero-order valence-electron chi connectivity index (χ0n) is 8.97. The molecule has 3 nitrogen and oxygen atoms in total. The summed E-state index contributed by atoms with van der Waals surface area (Å²) in [5.74, 6) is 0.541. The fourth-order valence-electron chi connectivity index (χ4n) is 1.25. The highest BCUT2D eigenvalue weighted by Gasteiger charge is 2.10. The van der Waals surface area contributed by atoms with Crippen molar-refractivity contribution < 1.29 is 4.79 Å². The highest BCUT2D eigenvalue weighted by molar-refractivity contribution is 5.76. The second-order valence-corrected chi connectivity index (χ2v) is 3.89. The fourth-order valence-corrected chi connectivity index (χ4v) is 1.25. The standard InChI is InChI=1S/C10H22N2O/c1-4-5-9(7-11)12-10(13)6-8(2)3/h8-9H,4-7,11H2,1-3H3,(H,12,13). The Morgan fingerprint density at radius 3 is 2.46 bits per heavy atom. The Kier molecular flexibility index (Phi) is 6.59. The second kappa shape index (κ2) is 6.89. The van der Waals surface area contributed by atoms with E-state index in [2.05, 4.69) is 12.2 Å². The molecule has 1 unspecified atom stereocenters. The minimum atomic E-state index is 0.124. The van der Waals surface area contributed by atoms with Gasteiger partial charge >= 0.3 is 0 Å². The van der Waals surface area contributed by atoms with Crippen LogP contribution in [0.3, 0.4) is 0 Å². The smallest absolute Gasteiger partial charge is 0.220 e. The third kappa shape index (κ3) is 6.58. The molecule has 0 saturated carbocycles. The van der Waals surface area contributed by atoms with E-state index >= 15 is 0 Å². The molecule has 0 aromatic carbocycles. The molecule has 3 heteroatoms. The summed E-state index contributed by atoms with van der Waals surface area (Å²) in [6.45, 7) is 6.71. The van der Waals surface area contributed by atoms with Gasteiger partial charge in [0.25, 0.3) is 0 Å². The Labute approximate surface area is 81.1 Å². The molecule has 13 heavy (non-hydrogen) atoms. The number of nitrogens with two attached hydrogens (primary N) is 1. The SMILES string of the molecule is CCCC(CN)NC(=O)CC(C)C. The lowest BCUT2D eigenvalue weighted by molar-refractivity contribution is -0.122. The van der Waals surface area contributed by atoms with Gasteiger partial charge in [0.05, 0.1) is 0 Å². The third-order valence-corrected chi connectivity index (χ3v) is 1.88. The van der Waals surface area contributed by atoms with Gasteiger partial charge in [-0.3, -0.25) is 4.79 Å². The maximum atomic E-state index is 11.3. The summed E-state index contributed by atoms with van der Waals surface area (Å²) >= 11 is 0. The lowest BCUT2D eigenvalue weighted by Gasteiger charge is -2.16. The Morgan fingerprint density at radius 2 is 2.08 bits per heavy atom. The Bertz CT molecular complexity index is 146. The Balaban J connectivity index is 3.73. The van der Waals surface area contributed by atoms with Gasteiger partial charge in [-0.05, 0) is 12.3 Å². The first-order valence-corrected chi connectivity index (χ1v) is 5.09. The molecule has 0 aliphatic heterocycles. The summed E-state index contributed by atoms with van der Waals surface area (Å²) in [5.41, 5.74) is 5.52. The molecule has 1 atom stereocenters. The van der Waals surface area contributed by atoms with Crippen molar-refractivity contribution >= 4 is 5.91 Å². The van der Waals surface area contributed by atoms with E-state index in [0.29, 0.717) is 18.9 Å². The van der Waals surface area contributed by atoms with Gasteiger partial charge in [-0.25, -0.2) is 0 Å². The van der Waals surface area contributed by atoms with Gasteiger partial charge in [0.1, 0.15) is 0 Å². The minimum absolute atomic E-state index is 0.124. The van der Waals surface area contributed by atoms with Crippen LogP contribution in [0.5, 0.6) is 0 Å². The van der Waals surface area contributed by atoms with Gasteiger partial charge in [0, 0.05) is 19.0 Å². The molecule has 0 aromatic heterocycles. The van der Waals surface area contributed by atoms with Crippen molar-refractivity contribution in [3.63, 3.8) is 0 Å². The van der Waals surface area contributed by atoms with Crippen molar-refractivity contribution in [2.45, 2.75) is 46.1 Å². The lowest BCUT2D eigenvalue weighted by atomic mass is 10.1. The van der Waals surface area contributed by atoms with Crippen LogP contribution in [0.4, 0.5) is 0 Å². The van der Waals surface area contributed by atoms with E-state index in [-0.39, 0.29) is 11.9 Å². The van der Waals surface area contributed by atoms with Crippen LogP contribution in [-0.2, 0) is 4.79 Å². The van der Waals surface area contributed by atoms with Crippen LogP contribution >= 0.6 is 0 Å². The van der Waals surface area contributed by atoms with E-state index in [1.807, 2.05) is 13.8 Å². The number of rotatable bonds is 6. The van der Waals surface area contributed by atoms with Crippen molar-refractivity contribution in [3.8, 4) is 0 Å². The molecule has 0 aliphatic carbocycles. The molecule has 0 rings (SSSR count). The second-order valence-electron chi connectivity index (χ2n) is 3.89. The highest BCUT2D eigenvalue weighted by atomic mass is 16.1. The van der Waals surface area contributed by atoms with Crippen molar-refractivity contribution in [2.24, 2.45) is 11.7 Å². The quantitative estimate of drug-likeness (QED) is 0.656. The maximum absolute atomic E-state index is 11.3. The van der Waals surface area contributed by atoms with Gasteiger partial charge in [-0.15, -0.1) is 0 Å². The van der Waals surface area contributed by atoms with Crippen LogP contribution in [0.15, 0.2) is 0 Å². The first-order valence-electron chi connectivity index (χ1n) is 5.09. The molecule has 0 radical (unpaired) electrons. The summed E-state index contributed by atoms with van der Waals surface area (Å²) in [6.07, 6.45) is 2.63. The van der Waals surface area contributed by atoms with Gasteiger partial charge in [-0.2, -0.15) is 0 Å². The van der Waals surface area contributed by atoms with Crippen LogP contribution in [-0.4, -0.2) is 18.5 Å². The zero-order chi connectivity index (χ0) is 10.3. The number of nitrogens with one attached hydrogen (secondary N) is 1. The van der Waals surface area contributed by atoms with Gasteiger partial charge < -0.3 is 11.1 Å². The third-order valence-electron chi connectivity index (χ3n) is 1.88. The van der Waals surface area contributed by atoms with Gasteiger partial charge in [0.15, 0.2) is 0 Å². The number of hydrogen-bond acceptors (Lipinski definition) is 2. The van der Waals surface area contributed by atoms with Crippen LogP contribution in [0, 0.1) is 5.92 Å². The summed E-state index contributed by atoms with van der Waals surface area (Å²) in [5, 5.41) is 2.94. The molecule has 3 N–H and O–H groups in total. The predicted molar refractivity (Wildman–Crippen MR) is 55.3 cm³/mol. The Morgan fingerprint density at radius 1 is 1.46 bits per heavy atom. The summed E-state index contributed by atoms with van der Waals surface area (Å²) in [7, 11) is 0. The molecule has 0 saturated heterocycles. The maximum Gasteiger partial charge on any atom is 0.220 e. The van der Waals surface area contributed by atoms with Gasteiger partial charge in [0.2, 0.25) is 5.91 Å². The van der Waals surface area contributed by atoms with Gasteiger partial charge in [-0.1, -0.05) is 27.2 Å². The number of amides is 1. The van der Waals surface area contributed by atoms with Crippen molar-refractivity contribution in [2.75, 3.05) is 6.54 Å². The lowest BCUT2D eigenvalue weighted by Crippen LogP contribution is -2.40. The molecule has 78 valence electrons. The molecule has 0 fully saturated rings. The first kappa shape index (κ1) is 12.4. The van der Waals surface area contributed by atoms with E-state index in [1.54, 1.807) is 0 Å². The van der Waals surface area contributed by atoms with E-state index < -0.39 is 0 Å². The molecule has 0 heterocycles. The normalized spacial score (nSPS) is 13.0. The summed E-state index contributed by atoms with van der Waals surface area (Å²) in [4.78, 5) is 11.3. The van der Waals surface area contributed by atoms with Crippen LogP contribution in [0.25, 0.3) is 0 Å². The first-order chi connectivity index (χ1) is 6.10. The fraction of sp³-hybridized carbons (Fsp3) is 0.900. The van der Waals surface area contributed by atoms with Crippen molar-refractivity contribution in [3.05, 3.63) is 0 Å². The molecule has 0 aromatic rings. The molecule has 0 bridgehead atoms.